The lowest BCUT2D eigenvalue weighted by Crippen LogP contribution is -2.25. The molecule has 0 saturated heterocycles. The molecule has 0 radical (unpaired) electrons. The van der Waals surface area contributed by atoms with E-state index in [1.165, 1.54) is 44.2 Å². The molecule has 3 rings (SSSR count). The molecular weight excluding hydrogens is 220 g/mol. The molecule has 2 nitrogen and oxygen atoms in total. The number of benzene rings is 1. The van der Waals surface area contributed by atoms with Gasteiger partial charge < -0.3 is 10.6 Å². The van der Waals surface area contributed by atoms with E-state index < -0.39 is 0 Å². The van der Waals surface area contributed by atoms with Gasteiger partial charge in [-0.15, -0.1) is 0 Å². The summed E-state index contributed by atoms with van der Waals surface area (Å²) >= 11 is 0. The number of aryl methyl sites for hydroxylation is 2. The predicted octanol–water partition coefficient (Wildman–Crippen LogP) is 2.92. The third-order valence-electron chi connectivity index (χ3n) is 4.46. The van der Waals surface area contributed by atoms with Crippen LogP contribution < -0.4 is 10.6 Å². The molecule has 0 atom stereocenters. The maximum absolute atomic E-state index is 6.12. The minimum Gasteiger partial charge on any atom is -0.385 e. The summed E-state index contributed by atoms with van der Waals surface area (Å²) in [6.07, 6.45) is 9.54. The van der Waals surface area contributed by atoms with Crippen LogP contribution in [-0.2, 0) is 25.7 Å². The van der Waals surface area contributed by atoms with E-state index in [4.69, 9.17) is 5.73 Å². The lowest BCUT2D eigenvalue weighted by Gasteiger charge is -2.26. The minimum absolute atomic E-state index is 0.865. The average Bonchev–Trinajstić information content (AvgIpc) is 3.01. The summed E-state index contributed by atoms with van der Waals surface area (Å²) in [5, 5.41) is 0. The number of rotatable bonds is 2. The van der Waals surface area contributed by atoms with Gasteiger partial charge in [0, 0.05) is 12.7 Å². The van der Waals surface area contributed by atoms with Crippen LogP contribution in [0.25, 0.3) is 0 Å². The molecule has 18 heavy (non-hydrogen) atoms. The summed E-state index contributed by atoms with van der Waals surface area (Å²) in [6.45, 7) is 2.01. The summed E-state index contributed by atoms with van der Waals surface area (Å²) < 4.78 is 0. The maximum atomic E-state index is 6.12. The van der Waals surface area contributed by atoms with E-state index in [1.807, 2.05) is 13.0 Å². The van der Waals surface area contributed by atoms with Gasteiger partial charge >= 0.3 is 0 Å². The highest BCUT2D eigenvalue weighted by molar-refractivity contribution is 5.69. The highest BCUT2D eigenvalue weighted by Crippen LogP contribution is 2.40. The number of hydrogen-bond acceptors (Lipinski definition) is 2. The molecule has 0 aromatic heterocycles. The van der Waals surface area contributed by atoms with Gasteiger partial charge in [0.2, 0.25) is 0 Å². The van der Waals surface area contributed by atoms with Crippen molar-refractivity contribution >= 4 is 5.69 Å². The van der Waals surface area contributed by atoms with Crippen LogP contribution in [-0.4, -0.2) is 7.05 Å². The number of nitrogens with two attached hydrogens (primary N) is 1. The van der Waals surface area contributed by atoms with Gasteiger partial charge in [-0.3, -0.25) is 0 Å². The molecule has 0 saturated carbocycles. The van der Waals surface area contributed by atoms with Crippen molar-refractivity contribution < 1.29 is 0 Å². The fourth-order valence-electron chi connectivity index (χ4n) is 3.51. The summed E-state index contributed by atoms with van der Waals surface area (Å²) in [7, 11) is 2.11. The van der Waals surface area contributed by atoms with Gasteiger partial charge in [0.25, 0.3) is 0 Å². The zero-order valence-corrected chi connectivity index (χ0v) is 11.4. The summed E-state index contributed by atoms with van der Waals surface area (Å²) in [4.78, 5) is 2.20. The van der Waals surface area contributed by atoms with Gasteiger partial charge in [-0.1, -0.05) is 6.07 Å². The van der Waals surface area contributed by atoms with Gasteiger partial charge in [0.15, 0.2) is 0 Å². The highest BCUT2D eigenvalue weighted by atomic mass is 15.2. The second-order valence-electron chi connectivity index (χ2n) is 5.48. The van der Waals surface area contributed by atoms with Crippen molar-refractivity contribution in [1.29, 1.82) is 0 Å². The highest BCUT2D eigenvalue weighted by Gasteiger charge is 2.26. The van der Waals surface area contributed by atoms with E-state index >= 15 is 0 Å². The third-order valence-corrected chi connectivity index (χ3v) is 4.46. The van der Waals surface area contributed by atoms with Crippen LogP contribution in [0.2, 0.25) is 0 Å². The van der Waals surface area contributed by atoms with Gasteiger partial charge in [-0.25, -0.2) is 0 Å². The molecule has 2 aliphatic carbocycles. The molecule has 2 N–H and O–H groups in total. The topological polar surface area (TPSA) is 29.3 Å². The van der Waals surface area contributed by atoms with Crippen molar-refractivity contribution in [3.63, 3.8) is 0 Å². The van der Waals surface area contributed by atoms with Crippen LogP contribution in [0.5, 0.6) is 0 Å². The molecule has 2 aliphatic rings. The molecule has 96 valence electrons. The van der Waals surface area contributed by atoms with Gasteiger partial charge in [-0.05, 0) is 73.8 Å². The van der Waals surface area contributed by atoms with E-state index in [-0.39, 0.29) is 0 Å². The molecule has 0 fully saturated rings. The molecule has 0 aliphatic heterocycles. The summed E-state index contributed by atoms with van der Waals surface area (Å²) in [5.41, 5.74) is 13.8. The Bertz CT molecular complexity index is 482. The van der Waals surface area contributed by atoms with E-state index in [1.54, 1.807) is 22.3 Å². The Morgan fingerprint density at radius 2 is 1.67 bits per heavy atom. The SMILES string of the molecule is C/C=C(\N)N(C)c1c2c(cc3c1CCC3)CCC2. The second-order valence-corrected chi connectivity index (χ2v) is 5.48. The molecule has 0 amide bonds. The Labute approximate surface area is 109 Å². The quantitative estimate of drug-likeness (QED) is 0.864. The Balaban J connectivity index is 2.18. The monoisotopic (exact) mass is 242 g/mol. The molecule has 0 unspecified atom stereocenters. The molecule has 1 aromatic rings. The lowest BCUT2D eigenvalue weighted by atomic mass is 9.98. The van der Waals surface area contributed by atoms with E-state index in [0.717, 1.165) is 5.82 Å². The average molecular weight is 242 g/mol. The first-order chi connectivity index (χ1) is 8.72. The zero-order valence-electron chi connectivity index (χ0n) is 11.4. The lowest BCUT2D eigenvalue weighted by molar-refractivity contribution is 0.891. The van der Waals surface area contributed by atoms with Crippen molar-refractivity contribution in [2.24, 2.45) is 5.73 Å². The molecule has 0 spiro atoms. The van der Waals surface area contributed by atoms with Crippen molar-refractivity contribution in [3.05, 3.63) is 40.2 Å². The van der Waals surface area contributed by atoms with E-state index in [0.29, 0.717) is 0 Å². The largest absolute Gasteiger partial charge is 0.385 e. The Kier molecular flexibility index (Phi) is 2.81. The predicted molar refractivity (Wildman–Crippen MR) is 76.8 cm³/mol. The molecular formula is C16H22N2. The third kappa shape index (κ3) is 1.63. The van der Waals surface area contributed by atoms with Crippen molar-refractivity contribution in [2.75, 3.05) is 11.9 Å². The second kappa shape index (κ2) is 4.34. The van der Waals surface area contributed by atoms with Crippen LogP contribution >= 0.6 is 0 Å². The maximum Gasteiger partial charge on any atom is 0.0985 e. The molecule has 0 heterocycles. The van der Waals surface area contributed by atoms with Gasteiger partial charge in [-0.2, -0.15) is 0 Å². The smallest absolute Gasteiger partial charge is 0.0985 e. The normalized spacial score (nSPS) is 17.8. The minimum atomic E-state index is 0.865. The first-order valence-electron chi connectivity index (χ1n) is 7.04. The summed E-state index contributed by atoms with van der Waals surface area (Å²) in [5.74, 6) is 0.865. The first kappa shape index (κ1) is 11.6. The van der Waals surface area contributed by atoms with Gasteiger partial charge in [0.1, 0.15) is 0 Å². The van der Waals surface area contributed by atoms with Crippen LogP contribution in [0.4, 0.5) is 5.69 Å². The van der Waals surface area contributed by atoms with E-state index in [9.17, 15) is 0 Å². The van der Waals surface area contributed by atoms with Crippen LogP contribution in [0.3, 0.4) is 0 Å². The zero-order chi connectivity index (χ0) is 12.7. The number of allylic oxidation sites excluding steroid dienone is 1. The number of hydrogen-bond donors (Lipinski definition) is 1. The fraction of sp³-hybridized carbons (Fsp3) is 0.500. The Morgan fingerprint density at radius 3 is 2.17 bits per heavy atom. The van der Waals surface area contributed by atoms with Crippen molar-refractivity contribution in [1.82, 2.24) is 0 Å². The fourth-order valence-corrected chi connectivity index (χ4v) is 3.51. The van der Waals surface area contributed by atoms with Crippen LogP contribution in [0.1, 0.15) is 42.0 Å². The number of nitrogens with zero attached hydrogens (tertiary/aromatic N) is 1. The van der Waals surface area contributed by atoms with Crippen LogP contribution in [0, 0.1) is 0 Å². The van der Waals surface area contributed by atoms with Crippen molar-refractivity contribution in [2.45, 2.75) is 45.4 Å². The first-order valence-corrected chi connectivity index (χ1v) is 7.04. The number of anilines is 1. The number of fused-ring (bicyclic) bond motifs is 2. The Morgan fingerprint density at radius 1 is 1.11 bits per heavy atom. The molecule has 1 aromatic carbocycles. The standard InChI is InChI=1S/C16H22N2/c1-3-15(17)18(2)16-13-8-4-6-11(13)10-12-7-5-9-14(12)16/h3,10H,4-9,17H2,1-2H3/b15-3+. The summed E-state index contributed by atoms with van der Waals surface area (Å²) in [6, 6.07) is 2.47. The Hall–Kier alpha value is -1.44. The van der Waals surface area contributed by atoms with Gasteiger partial charge in [0.05, 0.1) is 5.82 Å². The van der Waals surface area contributed by atoms with Crippen LogP contribution in [0.15, 0.2) is 18.0 Å². The van der Waals surface area contributed by atoms with E-state index in [2.05, 4.69) is 18.0 Å². The van der Waals surface area contributed by atoms with Crippen molar-refractivity contribution in [3.8, 4) is 0 Å². The molecule has 2 heteroatoms. The molecule has 0 bridgehead atoms.